The van der Waals surface area contributed by atoms with E-state index in [2.05, 4.69) is 31.2 Å². The minimum Gasteiger partial charge on any atom is -0.342 e. The normalized spacial score (nSPS) is 10.7. The molecule has 1 heterocycles. The van der Waals surface area contributed by atoms with Gasteiger partial charge in [0.2, 0.25) is 11.8 Å². The lowest BCUT2D eigenvalue weighted by Gasteiger charge is -2.17. The maximum Gasteiger partial charge on any atom is 0.244 e. The zero-order valence-electron chi connectivity index (χ0n) is 14.3. The predicted octanol–water partition coefficient (Wildman–Crippen LogP) is 3.36. The van der Waals surface area contributed by atoms with E-state index in [1.807, 2.05) is 42.5 Å². The second kappa shape index (κ2) is 8.14. The van der Waals surface area contributed by atoms with Crippen molar-refractivity contribution in [1.82, 2.24) is 14.9 Å². The van der Waals surface area contributed by atoms with E-state index in [4.69, 9.17) is 0 Å². The summed E-state index contributed by atoms with van der Waals surface area (Å²) in [6.07, 6.45) is 0.794. The number of aromatic nitrogens is 2. The van der Waals surface area contributed by atoms with E-state index in [1.165, 1.54) is 4.90 Å². The number of anilines is 1. The van der Waals surface area contributed by atoms with Gasteiger partial charge in [-0.05, 0) is 40.2 Å². The van der Waals surface area contributed by atoms with E-state index in [0.717, 1.165) is 21.3 Å². The van der Waals surface area contributed by atoms with E-state index in [1.54, 1.807) is 13.1 Å². The Balaban J connectivity index is 1.51. The highest BCUT2D eigenvalue weighted by molar-refractivity contribution is 9.10. The Morgan fingerprint density at radius 1 is 1.15 bits per heavy atom. The summed E-state index contributed by atoms with van der Waals surface area (Å²) in [5.74, 6) is 0.426. The fourth-order valence-electron chi connectivity index (χ4n) is 2.60. The number of likely N-dealkylation sites (N-methyl/N-ethyl adjacent to an activating group) is 1. The Kier molecular flexibility index (Phi) is 5.68. The molecule has 0 aliphatic rings. The molecule has 3 rings (SSSR count). The number of para-hydroxylation sites is 3. The highest BCUT2D eigenvalue weighted by atomic mass is 79.9. The van der Waals surface area contributed by atoms with Crippen LogP contribution in [0.1, 0.15) is 12.2 Å². The van der Waals surface area contributed by atoms with Crippen molar-refractivity contribution < 1.29 is 9.59 Å². The quantitative estimate of drug-likeness (QED) is 0.648. The van der Waals surface area contributed by atoms with Gasteiger partial charge >= 0.3 is 0 Å². The molecule has 134 valence electrons. The second-order valence-electron chi connectivity index (χ2n) is 5.98. The van der Waals surface area contributed by atoms with Crippen LogP contribution in [-0.2, 0) is 16.0 Å². The number of aryl methyl sites for hydroxylation is 1. The van der Waals surface area contributed by atoms with E-state index in [0.29, 0.717) is 18.5 Å². The number of rotatable bonds is 6. The van der Waals surface area contributed by atoms with E-state index in [9.17, 15) is 9.59 Å². The monoisotopic (exact) mass is 414 g/mol. The van der Waals surface area contributed by atoms with E-state index >= 15 is 0 Å². The molecule has 1 aromatic heterocycles. The molecule has 0 atom stereocenters. The summed E-state index contributed by atoms with van der Waals surface area (Å²) >= 11 is 3.38. The van der Waals surface area contributed by atoms with Gasteiger partial charge in [0.05, 0.1) is 23.3 Å². The van der Waals surface area contributed by atoms with Gasteiger partial charge in [-0.2, -0.15) is 0 Å². The molecule has 0 aliphatic carbocycles. The van der Waals surface area contributed by atoms with Crippen LogP contribution in [0, 0.1) is 0 Å². The number of amides is 2. The number of benzene rings is 2. The molecule has 0 unspecified atom stereocenters. The number of H-pyrrole nitrogens is 1. The largest absolute Gasteiger partial charge is 0.342 e. The molecule has 0 saturated carbocycles. The van der Waals surface area contributed by atoms with Gasteiger partial charge in [0.25, 0.3) is 0 Å². The fraction of sp³-hybridized carbons (Fsp3) is 0.211. The smallest absolute Gasteiger partial charge is 0.244 e. The molecule has 2 amide bonds. The molecule has 0 spiro atoms. The van der Waals surface area contributed by atoms with E-state index < -0.39 is 0 Å². The van der Waals surface area contributed by atoms with Crippen molar-refractivity contribution in [3.05, 3.63) is 58.8 Å². The number of carbonyl (C=O) groups is 2. The number of nitrogens with zero attached hydrogens (tertiary/aromatic N) is 2. The van der Waals surface area contributed by atoms with Crippen LogP contribution in [0.3, 0.4) is 0 Å². The second-order valence-corrected chi connectivity index (χ2v) is 6.83. The summed E-state index contributed by atoms with van der Waals surface area (Å²) < 4.78 is 0.798. The lowest BCUT2D eigenvalue weighted by molar-refractivity contribution is -0.133. The number of fused-ring (bicyclic) bond motifs is 1. The average molecular weight is 415 g/mol. The van der Waals surface area contributed by atoms with Crippen LogP contribution in [0.5, 0.6) is 0 Å². The predicted molar refractivity (Wildman–Crippen MR) is 105 cm³/mol. The van der Waals surface area contributed by atoms with Crippen molar-refractivity contribution >= 4 is 44.5 Å². The van der Waals surface area contributed by atoms with Gasteiger partial charge in [0, 0.05) is 24.4 Å². The van der Waals surface area contributed by atoms with Crippen molar-refractivity contribution in [2.45, 2.75) is 12.8 Å². The zero-order valence-corrected chi connectivity index (χ0v) is 15.9. The number of nitrogens with one attached hydrogen (secondary N) is 2. The fourth-order valence-corrected chi connectivity index (χ4v) is 2.98. The number of halogens is 1. The summed E-state index contributed by atoms with van der Waals surface area (Å²) in [6, 6.07) is 15.1. The van der Waals surface area contributed by atoms with Gasteiger partial charge in [-0.1, -0.05) is 24.3 Å². The highest BCUT2D eigenvalue weighted by Crippen LogP contribution is 2.21. The van der Waals surface area contributed by atoms with Gasteiger partial charge in [-0.3, -0.25) is 9.59 Å². The molecule has 0 aliphatic heterocycles. The van der Waals surface area contributed by atoms with Crippen molar-refractivity contribution in [3.8, 4) is 0 Å². The molecule has 3 aromatic rings. The van der Waals surface area contributed by atoms with Gasteiger partial charge in [-0.25, -0.2) is 4.98 Å². The van der Waals surface area contributed by atoms with E-state index in [-0.39, 0.29) is 18.4 Å². The lowest BCUT2D eigenvalue weighted by Crippen LogP contribution is -2.35. The SMILES string of the molecule is CN(CC(=O)Nc1ccccc1Br)C(=O)CCc1nc2ccccc2[nH]1. The summed E-state index contributed by atoms with van der Waals surface area (Å²) in [7, 11) is 1.63. The minimum absolute atomic E-state index is 0.000296. The summed E-state index contributed by atoms with van der Waals surface area (Å²) in [6.45, 7) is 0.000296. The van der Waals surface area contributed by atoms with Crippen LogP contribution in [0.15, 0.2) is 53.0 Å². The molecule has 26 heavy (non-hydrogen) atoms. The lowest BCUT2D eigenvalue weighted by atomic mass is 10.2. The van der Waals surface area contributed by atoms with Crippen LogP contribution >= 0.6 is 15.9 Å². The van der Waals surface area contributed by atoms with Gasteiger partial charge in [-0.15, -0.1) is 0 Å². The van der Waals surface area contributed by atoms with Crippen molar-refractivity contribution in [2.24, 2.45) is 0 Å². The number of imidazole rings is 1. The Bertz CT molecular complexity index is 905. The topological polar surface area (TPSA) is 78.1 Å². The highest BCUT2D eigenvalue weighted by Gasteiger charge is 2.14. The third kappa shape index (κ3) is 4.49. The minimum atomic E-state index is -0.239. The molecular weight excluding hydrogens is 396 g/mol. The average Bonchev–Trinajstić information content (AvgIpc) is 3.04. The molecule has 2 N–H and O–H groups in total. The van der Waals surface area contributed by atoms with Gasteiger partial charge in [0.1, 0.15) is 5.82 Å². The zero-order chi connectivity index (χ0) is 18.5. The summed E-state index contributed by atoms with van der Waals surface area (Å²) in [5, 5.41) is 2.79. The van der Waals surface area contributed by atoms with Crippen molar-refractivity contribution in [2.75, 3.05) is 18.9 Å². The first-order chi connectivity index (χ1) is 12.5. The Morgan fingerprint density at radius 2 is 1.88 bits per heavy atom. The van der Waals surface area contributed by atoms with Crippen LogP contribution in [-0.4, -0.2) is 40.3 Å². The first-order valence-corrected chi connectivity index (χ1v) is 9.04. The maximum atomic E-state index is 12.3. The van der Waals surface area contributed by atoms with Crippen LogP contribution in [0.2, 0.25) is 0 Å². The van der Waals surface area contributed by atoms with Crippen LogP contribution < -0.4 is 5.32 Å². The van der Waals surface area contributed by atoms with Crippen LogP contribution in [0.25, 0.3) is 11.0 Å². The first-order valence-electron chi connectivity index (χ1n) is 8.25. The molecule has 2 aromatic carbocycles. The Hall–Kier alpha value is -2.67. The van der Waals surface area contributed by atoms with Crippen molar-refractivity contribution in [3.63, 3.8) is 0 Å². The third-order valence-electron chi connectivity index (χ3n) is 3.97. The first kappa shape index (κ1) is 18.1. The Labute approximate surface area is 159 Å². The standard InChI is InChI=1S/C19H19BrN4O2/c1-24(12-18(25)23-14-7-3-2-6-13(14)20)19(26)11-10-17-21-15-8-4-5-9-16(15)22-17/h2-9H,10-12H2,1H3,(H,21,22)(H,23,25). The molecule has 0 fully saturated rings. The number of carbonyl (C=O) groups excluding carboxylic acids is 2. The summed E-state index contributed by atoms with van der Waals surface area (Å²) in [5.41, 5.74) is 2.52. The molecule has 7 heteroatoms. The maximum absolute atomic E-state index is 12.3. The van der Waals surface area contributed by atoms with Crippen LogP contribution in [0.4, 0.5) is 5.69 Å². The summed E-state index contributed by atoms with van der Waals surface area (Å²) in [4.78, 5) is 33.5. The Morgan fingerprint density at radius 3 is 2.65 bits per heavy atom. The van der Waals surface area contributed by atoms with Crippen molar-refractivity contribution in [1.29, 1.82) is 0 Å². The number of aromatic amines is 1. The molecule has 0 saturated heterocycles. The number of hydrogen-bond acceptors (Lipinski definition) is 3. The van der Waals surface area contributed by atoms with Gasteiger partial charge in [0.15, 0.2) is 0 Å². The van der Waals surface area contributed by atoms with Gasteiger partial charge < -0.3 is 15.2 Å². The number of hydrogen-bond donors (Lipinski definition) is 2. The third-order valence-corrected chi connectivity index (χ3v) is 4.66. The molecule has 6 nitrogen and oxygen atoms in total. The molecule has 0 bridgehead atoms. The molecule has 0 radical (unpaired) electrons. The molecular formula is C19H19BrN4O2.